The van der Waals surface area contributed by atoms with Gasteiger partial charge < -0.3 is 35.4 Å². The van der Waals surface area contributed by atoms with Crippen LogP contribution in [0.25, 0.3) is 0 Å². The van der Waals surface area contributed by atoms with Gasteiger partial charge in [0.2, 0.25) is 5.91 Å². The molecule has 2 aromatic rings. The molecule has 0 radical (unpaired) electrons. The summed E-state index contributed by atoms with van der Waals surface area (Å²) in [6, 6.07) is 15.4. The molecule has 0 spiro atoms. The van der Waals surface area contributed by atoms with Crippen LogP contribution in [0.5, 0.6) is 0 Å². The summed E-state index contributed by atoms with van der Waals surface area (Å²) >= 11 is 0. The number of carbonyl (C=O) groups is 4. The van der Waals surface area contributed by atoms with Crippen molar-refractivity contribution in [2.24, 2.45) is 11.8 Å². The zero-order valence-electron chi connectivity index (χ0n) is 28.4. The molecule has 0 aliphatic carbocycles. The topological polar surface area (TPSA) is 146 Å². The average molecular weight is 641 g/mol. The number of nitrogens with zero attached hydrogens (tertiary/aromatic N) is 1. The van der Waals surface area contributed by atoms with E-state index in [1.165, 1.54) is 12.0 Å². The van der Waals surface area contributed by atoms with Crippen LogP contribution in [-0.2, 0) is 32.0 Å². The Balaban J connectivity index is 2.36. The number of rotatable bonds is 15. The molecule has 0 aliphatic heterocycles. The molecular formula is C35H52N4O7. The number of amides is 4. The van der Waals surface area contributed by atoms with Crippen molar-refractivity contribution in [1.82, 2.24) is 20.9 Å². The maximum Gasteiger partial charge on any atom is 0.407 e. The van der Waals surface area contributed by atoms with Gasteiger partial charge in [-0.1, -0.05) is 88.4 Å². The lowest BCUT2D eigenvalue weighted by Gasteiger charge is -2.32. The van der Waals surface area contributed by atoms with Crippen LogP contribution in [0.4, 0.5) is 9.59 Å². The van der Waals surface area contributed by atoms with Crippen molar-refractivity contribution < 1.29 is 33.8 Å². The Kier molecular flexibility index (Phi) is 15.0. The van der Waals surface area contributed by atoms with Crippen molar-refractivity contribution in [2.45, 2.75) is 97.7 Å². The van der Waals surface area contributed by atoms with Crippen LogP contribution in [0.1, 0.15) is 66.0 Å². The lowest BCUT2D eigenvalue weighted by atomic mass is 10.00. The quantitative estimate of drug-likeness (QED) is 0.211. The van der Waals surface area contributed by atoms with Gasteiger partial charge >= 0.3 is 18.1 Å². The highest BCUT2D eigenvalue weighted by molar-refractivity contribution is 5.90. The van der Waals surface area contributed by atoms with Gasteiger partial charge in [-0.2, -0.15) is 0 Å². The van der Waals surface area contributed by atoms with E-state index < -0.39 is 53.8 Å². The molecule has 0 saturated heterocycles. The van der Waals surface area contributed by atoms with Crippen LogP contribution in [0.15, 0.2) is 60.7 Å². The first-order valence-electron chi connectivity index (χ1n) is 15.8. The molecule has 2 aromatic carbocycles. The molecule has 0 bridgehead atoms. The van der Waals surface area contributed by atoms with Gasteiger partial charge in [0.15, 0.2) is 0 Å². The van der Waals surface area contributed by atoms with E-state index in [-0.39, 0.29) is 31.3 Å². The number of ether oxygens (including phenoxy) is 2. The van der Waals surface area contributed by atoms with Gasteiger partial charge in [0, 0.05) is 6.54 Å². The SMILES string of the molecule is COC(=O)[C@H](NC(=O)[C@@H](CC(C)C)NC(=O)N(Cc1ccccc1)C[C@H](O)[C@@H](Cc1ccccc1)NC(=O)OC(C)(C)C)C(C)C. The van der Waals surface area contributed by atoms with Crippen LogP contribution in [0, 0.1) is 11.8 Å². The molecular weight excluding hydrogens is 588 g/mol. The number of alkyl carbamates (subject to hydrolysis) is 1. The second kappa shape index (κ2) is 18.1. The molecule has 4 N–H and O–H groups in total. The van der Waals surface area contributed by atoms with Gasteiger partial charge in [0.1, 0.15) is 17.7 Å². The number of aliphatic hydroxyl groups is 1. The molecule has 0 saturated carbocycles. The number of nitrogens with one attached hydrogen (secondary N) is 3. The van der Waals surface area contributed by atoms with E-state index in [9.17, 15) is 24.3 Å². The number of benzene rings is 2. The van der Waals surface area contributed by atoms with Crippen LogP contribution in [0.2, 0.25) is 0 Å². The smallest absolute Gasteiger partial charge is 0.407 e. The van der Waals surface area contributed by atoms with Crippen molar-refractivity contribution in [1.29, 1.82) is 0 Å². The summed E-state index contributed by atoms with van der Waals surface area (Å²) in [5, 5.41) is 19.9. The van der Waals surface area contributed by atoms with Gasteiger partial charge in [0.05, 0.1) is 25.8 Å². The fourth-order valence-electron chi connectivity index (χ4n) is 4.81. The summed E-state index contributed by atoms with van der Waals surface area (Å²) < 4.78 is 10.3. The molecule has 0 unspecified atom stereocenters. The van der Waals surface area contributed by atoms with Crippen molar-refractivity contribution in [3.05, 3.63) is 71.8 Å². The second-order valence-corrected chi connectivity index (χ2v) is 13.3. The minimum absolute atomic E-state index is 0.0353. The van der Waals surface area contributed by atoms with Gasteiger partial charge in [0.25, 0.3) is 0 Å². The maximum atomic E-state index is 13.9. The predicted octanol–water partition coefficient (Wildman–Crippen LogP) is 4.42. The summed E-state index contributed by atoms with van der Waals surface area (Å²) in [7, 11) is 1.26. The molecule has 11 heteroatoms. The van der Waals surface area contributed by atoms with E-state index >= 15 is 0 Å². The third-order valence-electron chi connectivity index (χ3n) is 7.12. The molecule has 46 heavy (non-hydrogen) atoms. The highest BCUT2D eigenvalue weighted by atomic mass is 16.6. The lowest BCUT2D eigenvalue weighted by Crippen LogP contribution is -2.57. The van der Waals surface area contributed by atoms with Crippen molar-refractivity contribution in [3.63, 3.8) is 0 Å². The number of carbonyl (C=O) groups excluding carboxylic acids is 4. The third-order valence-corrected chi connectivity index (χ3v) is 7.12. The molecule has 4 amide bonds. The Morgan fingerprint density at radius 1 is 0.848 bits per heavy atom. The summed E-state index contributed by atoms with van der Waals surface area (Å²) in [5.41, 5.74) is 0.931. The van der Waals surface area contributed by atoms with E-state index in [1.54, 1.807) is 34.6 Å². The number of hydrogen-bond acceptors (Lipinski definition) is 7. The fourth-order valence-corrected chi connectivity index (χ4v) is 4.81. The monoisotopic (exact) mass is 640 g/mol. The van der Waals surface area contributed by atoms with Crippen LogP contribution >= 0.6 is 0 Å². The third kappa shape index (κ3) is 13.5. The van der Waals surface area contributed by atoms with E-state index in [1.807, 2.05) is 74.5 Å². The molecule has 11 nitrogen and oxygen atoms in total. The van der Waals surface area contributed by atoms with Gasteiger partial charge in [-0.3, -0.25) is 4.79 Å². The van der Waals surface area contributed by atoms with Gasteiger partial charge in [-0.05, 0) is 56.6 Å². The van der Waals surface area contributed by atoms with Crippen molar-refractivity contribution in [2.75, 3.05) is 13.7 Å². The Hall–Kier alpha value is -4.12. The lowest BCUT2D eigenvalue weighted by molar-refractivity contribution is -0.146. The number of methoxy groups -OCH3 is 1. The first-order valence-corrected chi connectivity index (χ1v) is 15.8. The van der Waals surface area contributed by atoms with E-state index in [0.717, 1.165) is 11.1 Å². The van der Waals surface area contributed by atoms with Crippen LogP contribution < -0.4 is 16.0 Å². The summed E-state index contributed by atoms with van der Waals surface area (Å²) in [6.45, 7) is 12.6. The molecule has 254 valence electrons. The minimum Gasteiger partial charge on any atom is -0.467 e. The number of hydrogen-bond donors (Lipinski definition) is 4. The Labute approximate surface area is 273 Å². The zero-order chi connectivity index (χ0) is 34.4. The molecule has 4 atom stereocenters. The fraction of sp³-hybridized carbons (Fsp3) is 0.543. The zero-order valence-corrected chi connectivity index (χ0v) is 28.4. The number of aliphatic hydroxyl groups excluding tert-OH is 1. The summed E-state index contributed by atoms with van der Waals surface area (Å²) in [6.07, 6.45) is -1.30. The standard InChI is InChI=1S/C35H52N4O7/c1-23(2)19-28(31(41)38-30(24(3)4)32(42)45-8)36-33(43)39(21-26-17-13-10-14-18-26)22-29(40)27(20-25-15-11-9-12-16-25)37-34(44)46-35(5,6)7/h9-18,23-24,27-30,40H,19-22H2,1-8H3,(H,36,43)(H,37,44)(H,38,41)/t27-,28-,29+,30-/m1/s1. The van der Waals surface area contributed by atoms with E-state index in [0.29, 0.717) is 6.42 Å². The summed E-state index contributed by atoms with van der Waals surface area (Å²) in [4.78, 5) is 53.9. The van der Waals surface area contributed by atoms with Crippen LogP contribution in [-0.4, -0.2) is 77.5 Å². The molecule has 0 fully saturated rings. The maximum absolute atomic E-state index is 13.9. The van der Waals surface area contributed by atoms with E-state index in [2.05, 4.69) is 16.0 Å². The first kappa shape index (κ1) is 38.1. The first-order chi connectivity index (χ1) is 21.6. The average Bonchev–Trinajstić information content (AvgIpc) is 2.98. The molecule has 0 aliphatic rings. The van der Waals surface area contributed by atoms with Gasteiger partial charge in [-0.15, -0.1) is 0 Å². The predicted molar refractivity (Wildman–Crippen MR) is 177 cm³/mol. The molecule has 0 heterocycles. The molecule has 0 aromatic heterocycles. The van der Waals surface area contributed by atoms with Gasteiger partial charge in [-0.25, -0.2) is 14.4 Å². The minimum atomic E-state index is -1.20. The van der Waals surface area contributed by atoms with Crippen molar-refractivity contribution >= 4 is 24.0 Å². The Morgan fingerprint density at radius 3 is 1.91 bits per heavy atom. The van der Waals surface area contributed by atoms with Crippen molar-refractivity contribution in [3.8, 4) is 0 Å². The number of urea groups is 1. The highest BCUT2D eigenvalue weighted by Crippen LogP contribution is 2.15. The van der Waals surface area contributed by atoms with E-state index in [4.69, 9.17) is 9.47 Å². The summed E-state index contributed by atoms with van der Waals surface area (Å²) in [5.74, 6) is -1.29. The second-order valence-electron chi connectivity index (χ2n) is 13.3. The Bertz CT molecular complexity index is 1250. The highest BCUT2D eigenvalue weighted by Gasteiger charge is 2.32. The normalized spacial score (nSPS) is 14.1. The number of esters is 1. The molecule has 2 rings (SSSR count). The Morgan fingerprint density at radius 2 is 1.41 bits per heavy atom. The largest absolute Gasteiger partial charge is 0.467 e. The van der Waals surface area contributed by atoms with Crippen LogP contribution in [0.3, 0.4) is 0 Å².